The van der Waals surface area contributed by atoms with Crippen LogP contribution in [-0.4, -0.2) is 5.97 Å². The fourth-order valence-corrected chi connectivity index (χ4v) is 4.25. The van der Waals surface area contributed by atoms with Gasteiger partial charge in [-0.3, -0.25) is 0 Å². The zero-order valence-electron chi connectivity index (χ0n) is 18.2. The van der Waals surface area contributed by atoms with Crippen molar-refractivity contribution in [1.29, 1.82) is 5.26 Å². The minimum Gasteiger partial charge on any atom is -0.423 e. The lowest BCUT2D eigenvalue weighted by atomic mass is 9.83. The number of hydrogen-bond acceptors (Lipinski definition) is 3. The number of halogens is 3. The zero-order chi connectivity index (χ0) is 23.5. The van der Waals surface area contributed by atoms with Crippen LogP contribution in [0.4, 0.5) is 13.2 Å². The van der Waals surface area contributed by atoms with E-state index in [0.717, 1.165) is 48.9 Å². The molecule has 0 saturated carbocycles. The fourth-order valence-electron chi connectivity index (χ4n) is 4.25. The molecule has 6 heteroatoms. The lowest BCUT2D eigenvalue weighted by Gasteiger charge is -2.22. The first-order valence-corrected chi connectivity index (χ1v) is 11.0. The van der Waals surface area contributed by atoms with Crippen molar-refractivity contribution in [3.63, 3.8) is 0 Å². The third-order valence-corrected chi connectivity index (χ3v) is 5.97. The summed E-state index contributed by atoms with van der Waals surface area (Å²) in [5.41, 5.74) is 2.68. The van der Waals surface area contributed by atoms with Crippen molar-refractivity contribution in [3.05, 3.63) is 87.7 Å². The van der Waals surface area contributed by atoms with Crippen LogP contribution in [0.15, 0.2) is 42.5 Å². The number of ether oxygens (including phenoxy) is 1. The summed E-state index contributed by atoms with van der Waals surface area (Å²) in [6.45, 7) is 2.15. The average molecular weight is 449 g/mol. The average Bonchev–Trinajstić information content (AvgIpc) is 2.79. The minimum atomic E-state index is -1.26. The summed E-state index contributed by atoms with van der Waals surface area (Å²) in [6, 6.07) is 12.0. The molecule has 0 fully saturated rings. The first-order valence-electron chi connectivity index (χ1n) is 11.0. The summed E-state index contributed by atoms with van der Waals surface area (Å²) >= 11 is 0. The highest BCUT2D eigenvalue weighted by atomic mass is 19.1. The molecule has 0 N–H and O–H groups in total. The Kier molecular flexibility index (Phi) is 6.50. The van der Waals surface area contributed by atoms with Crippen LogP contribution in [-0.2, 0) is 19.3 Å². The van der Waals surface area contributed by atoms with Crippen LogP contribution in [0, 0.1) is 28.8 Å². The predicted octanol–water partition coefficient (Wildman–Crippen LogP) is 6.69. The van der Waals surface area contributed by atoms with Gasteiger partial charge in [-0.05, 0) is 71.7 Å². The maximum atomic E-state index is 15.3. The predicted molar refractivity (Wildman–Crippen MR) is 119 cm³/mol. The molecule has 3 aromatic rings. The maximum Gasteiger partial charge on any atom is 0.349 e. The molecule has 3 nitrogen and oxygen atoms in total. The lowest BCUT2D eigenvalue weighted by Crippen LogP contribution is -2.17. The number of nitrogens with zero attached hydrogens (tertiary/aromatic N) is 1. The van der Waals surface area contributed by atoms with E-state index in [1.54, 1.807) is 6.07 Å². The third kappa shape index (κ3) is 4.49. The van der Waals surface area contributed by atoms with Crippen molar-refractivity contribution in [2.24, 2.45) is 0 Å². The number of unbranched alkanes of at least 4 members (excludes halogenated alkanes) is 2. The van der Waals surface area contributed by atoms with Crippen LogP contribution in [0.2, 0.25) is 0 Å². The molecule has 0 amide bonds. The smallest absolute Gasteiger partial charge is 0.349 e. The van der Waals surface area contributed by atoms with E-state index in [-0.39, 0.29) is 16.9 Å². The van der Waals surface area contributed by atoms with Gasteiger partial charge < -0.3 is 4.74 Å². The third-order valence-electron chi connectivity index (χ3n) is 5.97. The van der Waals surface area contributed by atoms with Crippen LogP contribution in [0.3, 0.4) is 0 Å². The van der Waals surface area contributed by atoms with Gasteiger partial charge in [0.2, 0.25) is 0 Å². The molecular formula is C27H22F3NO2. The van der Waals surface area contributed by atoms with Crippen molar-refractivity contribution in [2.75, 3.05) is 0 Å². The molecule has 0 bridgehead atoms. The van der Waals surface area contributed by atoms with Gasteiger partial charge in [-0.25, -0.2) is 18.0 Å². The van der Waals surface area contributed by atoms with Crippen LogP contribution in [0.25, 0.3) is 11.1 Å². The Balaban J connectivity index is 1.63. The maximum absolute atomic E-state index is 15.3. The summed E-state index contributed by atoms with van der Waals surface area (Å²) in [5.74, 6) is -4.38. The van der Waals surface area contributed by atoms with Gasteiger partial charge >= 0.3 is 5.97 Å². The number of nitriles is 1. The Morgan fingerprint density at radius 3 is 2.55 bits per heavy atom. The Morgan fingerprint density at radius 2 is 1.82 bits per heavy atom. The molecule has 0 aliphatic heterocycles. The SMILES string of the molecule is CCCCCc1ccc2c(c1)CCc1c-2cc(F)c(C(=O)Oc2ccc(C#N)c(F)c2)c1F. The molecule has 1 aliphatic carbocycles. The highest BCUT2D eigenvalue weighted by Crippen LogP contribution is 2.38. The van der Waals surface area contributed by atoms with E-state index in [0.29, 0.717) is 18.4 Å². The van der Waals surface area contributed by atoms with Gasteiger partial charge in [0.05, 0.1) is 5.56 Å². The summed E-state index contributed by atoms with van der Waals surface area (Å²) in [5, 5.41) is 8.79. The van der Waals surface area contributed by atoms with Gasteiger partial charge in [0, 0.05) is 6.07 Å². The van der Waals surface area contributed by atoms with Gasteiger partial charge in [-0.15, -0.1) is 0 Å². The molecule has 3 aromatic carbocycles. The van der Waals surface area contributed by atoms with E-state index in [4.69, 9.17) is 10.00 Å². The van der Waals surface area contributed by atoms with Gasteiger partial charge in [0.15, 0.2) is 0 Å². The number of rotatable bonds is 6. The molecule has 168 valence electrons. The summed E-state index contributed by atoms with van der Waals surface area (Å²) in [4.78, 5) is 12.5. The van der Waals surface area contributed by atoms with E-state index < -0.39 is 29.0 Å². The van der Waals surface area contributed by atoms with Crippen molar-refractivity contribution in [1.82, 2.24) is 0 Å². The summed E-state index contributed by atoms with van der Waals surface area (Å²) in [6.07, 6.45) is 5.29. The monoisotopic (exact) mass is 449 g/mol. The molecular weight excluding hydrogens is 427 g/mol. The van der Waals surface area contributed by atoms with E-state index in [1.165, 1.54) is 17.7 Å². The van der Waals surface area contributed by atoms with E-state index >= 15 is 4.39 Å². The Morgan fingerprint density at radius 1 is 1.00 bits per heavy atom. The van der Waals surface area contributed by atoms with Crippen molar-refractivity contribution in [3.8, 4) is 22.9 Å². The summed E-state index contributed by atoms with van der Waals surface area (Å²) in [7, 11) is 0. The van der Waals surface area contributed by atoms with Crippen LogP contribution in [0.1, 0.15) is 58.8 Å². The molecule has 0 radical (unpaired) electrons. The molecule has 0 spiro atoms. The number of aryl methyl sites for hydroxylation is 2. The lowest BCUT2D eigenvalue weighted by molar-refractivity contribution is 0.0724. The number of benzene rings is 3. The van der Waals surface area contributed by atoms with Crippen LogP contribution in [0.5, 0.6) is 5.75 Å². The summed E-state index contributed by atoms with van der Waals surface area (Å²) < 4.78 is 49.0. The number of fused-ring (bicyclic) bond motifs is 3. The van der Waals surface area contributed by atoms with Gasteiger partial charge in [-0.1, -0.05) is 38.0 Å². The van der Waals surface area contributed by atoms with Crippen molar-refractivity contribution >= 4 is 5.97 Å². The molecule has 1 aliphatic rings. The van der Waals surface area contributed by atoms with Gasteiger partial charge in [0.25, 0.3) is 0 Å². The molecule has 0 atom stereocenters. The van der Waals surface area contributed by atoms with Crippen LogP contribution < -0.4 is 4.74 Å². The highest BCUT2D eigenvalue weighted by Gasteiger charge is 2.28. The van der Waals surface area contributed by atoms with E-state index in [2.05, 4.69) is 13.0 Å². The largest absolute Gasteiger partial charge is 0.423 e. The number of esters is 1. The van der Waals surface area contributed by atoms with Crippen molar-refractivity contribution < 1.29 is 22.7 Å². The Bertz CT molecular complexity index is 1280. The second-order valence-electron chi connectivity index (χ2n) is 8.17. The molecule has 33 heavy (non-hydrogen) atoms. The zero-order valence-corrected chi connectivity index (χ0v) is 18.2. The second kappa shape index (κ2) is 9.50. The number of hydrogen-bond donors (Lipinski definition) is 0. The molecule has 0 aromatic heterocycles. The molecule has 0 saturated heterocycles. The number of carbonyl (C=O) groups is 1. The normalized spacial score (nSPS) is 12.0. The fraction of sp³-hybridized carbons (Fsp3) is 0.259. The quantitative estimate of drug-likeness (QED) is 0.239. The standard InChI is InChI=1S/C27H22F3NO2/c1-2-3-4-5-16-6-10-20-17(12-16)8-11-21-22(20)14-24(29)25(26(21)30)27(32)33-19-9-7-18(15-31)23(28)13-19/h6-7,9-10,12-14H,2-5,8,11H2,1H3. The minimum absolute atomic E-state index is 0.229. The first kappa shape index (κ1) is 22.6. The topological polar surface area (TPSA) is 50.1 Å². The number of carbonyl (C=O) groups excluding carboxylic acids is 1. The molecule has 4 rings (SSSR count). The Hall–Kier alpha value is -3.59. The van der Waals surface area contributed by atoms with Gasteiger partial charge in [-0.2, -0.15) is 5.26 Å². The Labute approximate surface area is 190 Å². The van der Waals surface area contributed by atoms with E-state index in [9.17, 15) is 13.6 Å². The first-order chi connectivity index (χ1) is 15.9. The second-order valence-corrected chi connectivity index (χ2v) is 8.17. The molecule has 0 heterocycles. The highest BCUT2D eigenvalue weighted by molar-refractivity contribution is 5.93. The molecule has 0 unspecified atom stereocenters. The van der Waals surface area contributed by atoms with Gasteiger partial charge in [0.1, 0.15) is 34.8 Å². The van der Waals surface area contributed by atoms with E-state index in [1.807, 2.05) is 12.1 Å². The van der Waals surface area contributed by atoms with Crippen LogP contribution >= 0.6 is 0 Å². The van der Waals surface area contributed by atoms with Crippen molar-refractivity contribution in [2.45, 2.75) is 45.4 Å².